The van der Waals surface area contributed by atoms with Crippen molar-refractivity contribution in [3.05, 3.63) is 71.9 Å². The van der Waals surface area contributed by atoms with Crippen LogP contribution < -0.4 is 5.32 Å². The molecule has 0 bridgehead atoms. The van der Waals surface area contributed by atoms with E-state index in [1.165, 1.54) is 36.1 Å². The number of amides is 1. The van der Waals surface area contributed by atoms with Gasteiger partial charge in [0.2, 0.25) is 0 Å². The maximum atomic E-state index is 13.3. The Labute approximate surface area is 204 Å². The smallest absolute Gasteiger partial charge is 0.261 e. The first kappa shape index (κ1) is 22.1. The largest absolute Gasteiger partial charge is 0.379 e. The van der Waals surface area contributed by atoms with Crippen molar-refractivity contribution in [2.45, 2.75) is 6.54 Å². The minimum Gasteiger partial charge on any atom is -0.379 e. The standard InChI is InChI=1S/C25H22FN7O3/c26-17-4-2-16(3-5-17)22-18(14-36-32-22)25(34)30-21-12-27-31-23(21)24-28-19-6-1-15(11-20(19)29-24)13-33-7-9-35-10-8-33/h1-6,11-12,14H,7-10,13H2,(H,27,31)(H,28,29)(H,30,34). The number of rotatable bonds is 6. The summed E-state index contributed by atoms with van der Waals surface area (Å²) in [6.07, 6.45) is 2.83. The van der Waals surface area contributed by atoms with Crippen molar-refractivity contribution in [1.82, 2.24) is 30.2 Å². The number of carbonyl (C=O) groups excluding carboxylic acids is 1. The number of nitrogens with zero attached hydrogens (tertiary/aromatic N) is 4. The summed E-state index contributed by atoms with van der Waals surface area (Å²) < 4.78 is 23.8. The van der Waals surface area contributed by atoms with Crippen LogP contribution in [0.4, 0.5) is 10.1 Å². The third-order valence-corrected chi connectivity index (χ3v) is 6.10. The van der Waals surface area contributed by atoms with Gasteiger partial charge in [-0.05, 0) is 42.0 Å². The number of carbonyl (C=O) groups is 1. The summed E-state index contributed by atoms with van der Waals surface area (Å²) in [6, 6.07) is 11.8. The summed E-state index contributed by atoms with van der Waals surface area (Å²) in [5, 5.41) is 13.8. The Bertz CT molecular complexity index is 1520. The predicted molar refractivity (Wildman–Crippen MR) is 130 cm³/mol. The third-order valence-electron chi connectivity index (χ3n) is 6.10. The van der Waals surface area contributed by atoms with E-state index >= 15 is 0 Å². The topological polar surface area (TPSA) is 125 Å². The highest BCUT2D eigenvalue weighted by molar-refractivity contribution is 6.09. The van der Waals surface area contributed by atoms with Gasteiger partial charge in [-0.1, -0.05) is 11.2 Å². The van der Waals surface area contributed by atoms with Crippen LogP contribution in [0.5, 0.6) is 0 Å². The lowest BCUT2D eigenvalue weighted by atomic mass is 10.1. The molecule has 1 aliphatic rings. The van der Waals surface area contributed by atoms with E-state index in [2.05, 4.69) is 42.7 Å². The number of nitrogens with one attached hydrogen (secondary N) is 3. The Balaban J connectivity index is 1.23. The second-order valence-electron chi connectivity index (χ2n) is 8.51. The van der Waals surface area contributed by atoms with Crippen molar-refractivity contribution in [3.8, 4) is 22.8 Å². The molecule has 0 unspecified atom stereocenters. The molecule has 0 saturated carbocycles. The molecule has 1 amide bonds. The first-order valence-corrected chi connectivity index (χ1v) is 11.5. The number of hydrogen-bond acceptors (Lipinski definition) is 7. The van der Waals surface area contributed by atoms with E-state index in [9.17, 15) is 9.18 Å². The summed E-state index contributed by atoms with van der Waals surface area (Å²) in [7, 11) is 0. The molecule has 0 spiro atoms. The van der Waals surface area contributed by atoms with Crippen molar-refractivity contribution in [1.29, 1.82) is 0 Å². The van der Waals surface area contributed by atoms with E-state index in [4.69, 9.17) is 14.2 Å². The summed E-state index contributed by atoms with van der Waals surface area (Å²) in [4.78, 5) is 23.4. The maximum absolute atomic E-state index is 13.3. The van der Waals surface area contributed by atoms with E-state index in [-0.39, 0.29) is 11.4 Å². The van der Waals surface area contributed by atoms with Gasteiger partial charge in [0.1, 0.15) is 23.3 Å². The molecule has 182 valence electrons. The number of anilines is 1. The van der Waals surface area contributed by atoms with Crippen molar-refractivity contribution in [3.63, 3.8) is 0 Å². The maximum Gasteiger partial charge on any atom is 0.261 e. The average molecular weight is 487 g/mol. The lowest BCUT2D eigenvalue weighted by Gasteiger charge is -2.26. The van der Waals surface area contributed by atoms with E-state index < -0.39 is 5.91 Å². The van der Waals surface area contributed by atoms with Crippen LogP contribution in [0.15, 0.2) is 59.4 Å². The van der Waals surface area contributed by atoms with Crippen LogP contribution in [0.25, 0.3) is 33.8 Å². The number of aromatic nitrogens is 5. The molecular weight excluding hydrogens is 465 g/mol. The molecule has 11 heteroatoms. The van der Waals surface area contributed by atoms with E-state index in [0.717, 1.165) is 43.9 Å². The normalized spacial score (nSPS) is 14.4. The van der Waals surface area contributed by atoms with Gasteiger partial charge in [-0.2, -0.15) is 5.10 Å². The number of ether oxygens (including phenoxy) is 1. The molecule has 3 aromatic heterocycles. The monoisotopic (exact) mass is 487 g/mol. The van der Waals surface area contributed by atoms with Gasteiger partial charge < -0.3 is 19.6 Å². The molecule has 0 radical (unpaired) electrons. The fourth-order valence-corrected chi connectivity index (χ4v) is 4.25. The molecule has 6 rings (SSSR count). The Morgan fingerprint density at radius 2 is 1.94 bits per heavy atom. The Morgan fingerprint density at radius 3 is 2.78 bits per heavy atom. The van der Waals surface area contributed by atoms with Gasteiger partial charge in [-0.15, -0.1) is 0 Å². The van der Waals surface area contributed by atoms with E-state index in [0.29, 0.717) is 28.5 Å². The summed E-state index contributed by atoms with van der Waals surface area (Å²) in [5.74, 6) is -0.299. The van der Waals surface area contributed by atoms with Gasteiger partial charge in [0.05, 0.1) is 29.9 Å². The van der Waals surface area contributed by atoms with Crippen molar-refractivity contribution in [2.75, 3.05) is 31.6 Å². The van der Waals surface area contributed by atoms with E-state index in [1.54, 1.807) is 6.20 Å². The van der Waals surface area contributed by atoms with Gasteiger partial charge in [-0.3, -0.25) is 14.8 Å². The zero-order chi connectivity index (χ0) is 24.5. The zero-order valence-electron chi connectivity index (χ0n) is 19.1. The summed E-state index contributed by atoms with van der Waals surface area (Å²) in [6.45, 7) is 4.16. The fraction of sp³-hybridized carbons (Fsp3) is 0.200. The highest BCUT2D eigenvalue weighted by Crippen LogP contribution is 2.28. The van der Waals surface area contributed by atoms with Crippen LogP contribution in [-0.4, -0.2) is 62.4 Å². The van der Waals surface area contributed by atoms with Crippen molar-refractivity contribution in [2.24, 2.45) is 0 Å². The van der Waals surface area contributed by atoms with Gasteiger partial charge >= 0.3 is 0 Å². The molecule has 5 aromatic rings. The Morgan fingerprint density at radius 1 is 1.11 bits per heavy atom. The number of morpholine rings is 1. The Kier molecular flexibility index (Phi) is 5.76. The van der Waals surface area contributed by atoms with Crippen LogP contribution in [0, 0.1) is 5.82 Å². The molecule has 3 N–H and O–H groups in total. The molecule has 1 aliphatic heterocycles. The molecule has 1 saturated heterocycles. The molecule has 2 aromatic carbocycles. The highest BCUT2D eigenvalue weighted by Gasteiger charge is 2.21. The second-order valence-corrected chi connectivity index (χ2v) is 8.51. The minimum absolute atomic E-state index is 0.214. The van der Waals surface area contributed by atoms with Gasteiger partial charge in [0.15, 0.2) is 11.5 Å². The van der Waals surface area contributed by atoms with Crippen molar-refractivity contribution < 1.29 is 18.4 Å². The molecule has 0 aliphatic carbocycles. The van der Waals surface area contributed by atoms with Crippen LogP contribution in [-0.2, 0) is 11.3 Å². The molecule has 10 nitrogen and oxygen atoms in total. The first-order valence-electron chi connectivity index (χ1n) is 11.5. The Hall–Kier alpha value is -4.35. The molecule has 1 fully saturated rings. The third kappa shape index (κ3) is 4.37. The number of aromatic amines is 2. The highest BCUT2D eigenvalue weighted by atomic mass is 19.1. The van der Waals surface area contributed by atoms with Gasteiger partial charge in [-0.25, -0.2) is 9.37 Å². The number of fused-ring (bicyclic) bond motifs is 1. The first-order chi connectivity index (χ1) is 17.6. The molecule has 36 heavy (non-hydrogen) atoms. The molecular formula is C25H22FN7O3. The van der Waals surface area contributed by atoms with Crippen LogP contribution in [0.2, 0.25) is 0 Å². The number of benzene rings is 2. The van der Waals surface area contributed by atoms with Gasteiger partial charge in [0, 0.05) is 31.4 Å². The number of hydrogen-bond donors (Lipinski definition) is 3. The number of imidazole rings is 1. The second kappa shape index (κ2) is 9.36. The van der Waals surface area contributed by atoms with Crippen LogP contribution in [0.3, 0.4) is 0 Å². The molecule has 0 atom stereocenters. The summed E-state index contributed by atoms with van der Waals surface area (Å²) in [5.41, 5.74) is 4.85. The van der Waals surface area contributed by atoms with E-state index in [1.807, 2.05) is 6.07 Å². The minimum atomic E-state index is -0.442. The van der Waals surface area contributed by atoms with Crippen molar-refractivity contribution >= 4 is 22.6 Å². The summed E-state index contributed by atoms with van der Waals surface area (Å²) >= 11 is 0. The lowest BCUT2D eigenvalue weighted by molar-refractivity contribution is 0.0342. The molecule has 4 heterocycles. The quantitative estimate of drug-likeness (QED) is 0.332. The number of H-pyrrole nitrogens is 2. The lowest BCUT2D eigenvalue weighted by Crippen LogP contribution is -2.35. The SMILES string of the molecule is O=C(Nc1c[nH]nc1-c1nc2cc(CN3CCOCC3)ccc2[nH]1)c1conc1-c1ccc(F)cc1. The predicted octanol–water partition coefficient (Wildman–Crippen LogP) is 3.83. The average Bonchev–Trinajstić information content (AvgIpc) is 3.64. The van der Waals surface area contributed by atoms with Crippen LogP contribution >= 0.6 is 0 Å². The van der Waals surface area contributed by atoms with Gasteiger partial charge in [0.25, 0.3) is 5.91 Å². The fourth-order valence-electron chi connectivity index (χ4n) is 4.25. The zero-order valence-corrected chi connectivity index (χ0v) is 19.1. The number of halogens is 1. The van der Waals surface area contributed by atoms with Crippen LogP contribution in [0.1, 0.15) is 15.9 Å².